The average Bonchev–Trinajstić information content (AvgIpc) is 2.97. The largest absolute Gasteiger partial charge is 0.366 e. The number of nitrogens with zero attached hydrogens (tertiary/aromatic N) is 2. The van der Waals surface area contributed by atoms with E-state index in [2.05, 4.69) is 23.3 Å². The highest BCUT2D eigenvalue weighted by Crippen LogP contribution is 2.36. The zero-order valence-corrected chi connectivity index (χ0v) is 9.12. The number of nitriles is 1. The lowest BCUT2D eigenvalue weighted by Gasteiger charge is -2.07. The van der Waals surface area contributed by atoms with Crippen LogP contribution in [0, 0.1) is 24.2 Å². The fraction of sp³-hybridized carbons (Fsp3) is 0.500. The first-order valence-electron chi connectivity index (χ1n) is 5.39. The number of nitrogens with one attached hydrogen (secondary N) is 1. The van der Waals surface area contributed by atoms with Crippen LogP contribution in [0.2, 0.25) is 0 Å². The number of aromatic nitrogens is 1. The normalized spacial score (nSPS) is 23.3. The summed E-state index contributed by atoms with van der Waals surface area (Å²) in [5.74, 6) is 1.51. The van der Waals surface area contributed by atoms with Gasteiger partial charge in [0.2, 0.25) is 0 Å². The van der Waals surface area contributed by atoms with Crippen LogP contribution in [0.3, 0.4) is 0 Å². The predicted octanol–water partition coefficient (Wildman–Crippen LogP) is 2.47. The summed E-state index contributed by atoms with van der Waals surface area (Å²) < 4.78 is 0. The molecule has 0 aliphatic heterocycles. The minimum Gasteiger partial charge on any atom is -0.366 e. The summed E-state index contributed by atoms with van der Waals surface area (Å²) in [6, 6.07) is 6.38. The van der Waals surface area contributed by atoms with E-state index in [1.165, 1.54) is 12.8 Å². The van der Waals surface area contributed by atoms with Crippen LogP contribution in [0.15, 0.2) is 12.1 Å². The van der Waals surface area contributed by atoms with Gasteiger partial charge in [-0.15, -0.1) is 0 Å². The van der Waals surface area contributed by atoms with E-state index >= 15 is 0 Å². The van der Waals surface area contributed by atoms with Gasteiger partial charge in [-0.25, -0.2) is 4.98 Å². The van der Waals surface area contributed by atoms with Crippen molar-refractivity contribution in [1.82, 2.24) is 4.98 Å². The number of anilines is 1. The zero-order chi connectivity index (χ0) is 10.8. The fourth-order valence-corrected chi connectivity index (χ4v) is 1.81. The molecular weight excluding hydrogens is 186 g/mol. The Balaban J connectivity index is 2.14. The van der Waals surface area contributed by atoms with Crippen molar-refractivity contribution >= 4 is 5.82 Å². The first-order chi connectivity index (χ1) is 7.24. The molecule has 3 heteroatoms. The smallest absolute Gasteiger partial charge is 0.144 e. The average molecular weight is 201 g/mol. The molecule has 2 atom stereocenters. The van der Waals surface area contributed by atoms with Crippen molar-refractivity contribution in [2.45, 2.75) is 32.7 Å². The van der Waals surface area contributed by atoms with Gasteiger partial charge in [-0.3, -0.25) is 0 Å². The summed E-state index contributed by atoms with van der Waals surface area (Å²) in [5, 5.41) is 12.3. The summed E-state index contributed by atoms with van der Waals surface area (Å²) in [7, 11) is 0. The summed E-state index contributed by atoms with van der Waals surface area (Å²) in [5.41, 5.74) is 1.59. The third kappa shape index (κ3) is 2.10. The molecule has 0 saturated heterocycles. The third-order valence-electron chi connectivity index (χ3n) is 2.92. The van der Waals surface area contributed by atoms with Gasteiger partial charge in [-0.2, -0.15) is 5.26 Å². The molecule has 0 bridgehead atoms. The molecule has 2 unspecified atom stereocenters. The van der Waals surface area contributed by atoms with Gasteiger partial charge in [-0.05, 0) is 31.4 Å². The van der Waals surface area contributed by atoms with Crippen LogP contribution >= 0.6 is 0 Å². The molecule has 1 aromatic rings. The van der Waals surface area contributed by atoms with E-state index in [1.54, 1.807) is 0 Å². The molecule has 3 nitrogen and oxygen atoms in total. The van der Waals surface area contributed by atoms with E-state index in [0.29, 0.717) is 11.6 Å². The molecule has 1 aromatic heterocycles. The molecule has 78 valence electrons. The van der Waals surface area contributed by atoms with Gasteiger partial charge < -0.3 is 5.32 Å². The number of pyridine rings is 1. The van der Waals surface area contributed by atoms with Gasteiger partial charge in [0.1, 0.15) is 11.9 Å². The maximum absolute atomic E-state index is 8.94. The number of hydrogen-bond donors (Lipinski definition) is 1. The Hall–Kier alpha value is -1.56. The van der Waals surface area contributed by atoms with Crippen molar-refractivity contribution in [2.75, 3.05) is 5.32 Å². The van der Waals surface area contributed by atoms with E-state index in [-0.39, 0.29) is 0 Å². The van der Waals surface area contributed by atoms with Gasteiger partial charge in [0, 0.05) is 11.7 Å². The second-order valence-corrected chi connectivity index (χ2v) is 4.12. The van der Waals surface area contributed by atoms with E-state index < -0.39 is 0 Å². The Morgan fingerprint density at radius 1 is 1.60 bits per heavy atom. The number of hydrogen-bond acceptors (Lipinski definition) is 3. The highest BCUT2D eigenvalue weighted by atomic mass is 15.1. The number of rotatable bonds is 3. The van der Waals surface area contributed by atoms with Crippen LogP contribution in [0.5, 0.6) is 0 Å². The van der Waals surface area contributed by atoms with Crippen molar-refractivity contribution in [3.8, 4) is 6.07 Å². The van der Waals surface area contributed by atoms with E-state index in [0.717, 1.165) is 17.4 Å². The van der Waals surface area contributed by atoms with Crippen LogP contribution in [0.4, 0.5) is 5.82 Å². The van der Waals surface area contributed by atoms with Crippen molar-refractivity contribution in [3.63, 3.8) is 0 Å². The summed E-state index contributed by atoms with van der Waals surface area (Å²) in [6.07, 6.45) is 2.41. The molecule has 1 aliphatic rings. The van der Waals surface area contributed by atoms with Gasteiger partial charge in [-0.1, -0.05) is 13.3 Å². The first-order valence-corrected chi connectivity index (χ1v) is 5.39. The lowest BCUT2D eigenvalue weighted by Crippen LogP contribution is -2.08. The Morgan fingerprint density at radius 3 is 3.00 bits per heavy atom. The van der Waals surface area contributed by atoms with Crippen LogP contribution in [0.1, 0.15) is 31.0 Å². The Labute approximate surface area is 90.1 Å². The molecule has 1 N–H and O–H groups in total. The van der Waals surface area contributed by atoms with Gasteiger partial charge in [0.05, 0.1) is 5.56 Å². The van der Waals surface area contributed by atoms with E-state index in [9.17, 15) is 0 Å². The van der Waals surface area contributed by atoms with Gasteiger partial charge >= 0.3 is 0 Å². The molecule has 1 saturated carbocycles. The van der Waals surface area contributed by atoms with Crippen LogP contribution in [-0.2, 0) is 0 Å². The molecule has 1 aliphatic carbocycles. The topological polar surface area (TPSA) is 48.7 Å². The molecular formula is C12H15N3. The minimum absolute atomic E-state index is 0.524. The lowest BCUT2D eigenvalue weighted by atomic mass is 10.2. The maximum Gasteiger partial charge on any atom is 0.144 e. The lowest BCUT2D eigenvalue weighted by molar-refractivity contribution is 0.773. The van der Waals surface area contributed by atoms with Crippen molar-refractivity contribution in [1.29, 1.82) is 5.26 Å². The van der Waals surface area contributed by atoms with Crippen molar-refractivity contribution < 1.29 is 0 Å². The van der Waals surface area contributed by atoms with Crippen LogP contribution in [-0.4, -0.2) is 11.0 Å². The van der Waals surface area contributed by atoms with Crippen LogP contribution in [0.25, 0.3) is 0 Å². The maximum atomic E-state index is 8.94. The number of aryl methyl sites for hydroxylation is 1. The van der Waals surface area contributed by atoms with Gasteiger partial charge in [0.15, 0.2) is 0 Å². The summed E-state index contributed by atoms with van der Waals surface area (Å²) in [6.45, 7) is 4.14. The van der Waals surface area contributed by atoms with E-state index in [1.807, 2.05) is 19.1 Å². The first kappa shape index (κ1) is 9.97. The summed E-state index contributed by atoms with van der Waals surface area (Å²) in [4.78, 5) is 4.36. The molecule has 0 aromatic carbocycles. The zero-order valence-electron chi connectivity index (χ0n) is 9.12. The molecule has 1 fully saturated rings. The van der Waals surface area contributed by atoms with Crippen molar-refractivity contribution in [3.05, 3.63) is 23.4 Å². The van der Waals surface area contributed by atoms with Gasteiger partial charge in [0.25, 0.3) is 0 Å². The third-order valence-corrected chi connectivity index (χ3v) is 2.92. The predicted molar refractivity (Wildman–Crippen MR) is 59.5 cm³/mol. The standard InChI is InChI=1S/C12H15N3/c1-3-9-6-11(9)15-12-10(7-13)5-4-8(2)14-12/h4-5,9,11H,3,6H2,1-2H3,(H,14,15). The quantitative estimate of drug-likeness (QED) is 0.817. The molecule has 1 heterocycles. The second kappa shape index (κ2) is 3.90. The van der Waals surface area contributed by atoms with E-state index in [4.69, 9.17) is 5.26 Å². The Bertz CT molecular complexity index is 406. The monoisotopic (exact) mass is 201 g/mol. The molecule has 15 heavy (non-hydrogen) atoms. The highest BCUT2D eigenvalue weighted by Gasteiger charge is 2.35. The highest BCUT2D eigenvalue weighted by molar-refractivity contribution is 5.53. The second-order valence-electron chi connectivity index (χ2n) is 4.12. The molecule has 0 radical (unpaired) electrons. The van der Waals surface area contributed by atoms with Crippen molar-refractivity contribution in [2.24, 2.45) is 5.92 Å². The summed E-state index contributed by atoms with van der Waals surface area (Å²) >= 11 is 0. The Morgan fingerprint density at radius 2 is 2.40 bits per heavy atom. The molecule has 2 rings (SSSR count). The molecule has 0 amide bonds. The molecule has 0 spiro atoms. The Kier molecular flexibility index (Phi) is 2.59. The van der Waals surface area contributed by atoms with Crippen LogP contribution < -0.4 is 5.32 Å². The SMILES string of the molecule is CCC1CC1Nc1nc(C)ccc1C#N. The minimum atomic E-state index is 0.524. The fourth-order valence-electron chi connectivity index (χ4n) is 1.81.